The van der Waals surface area contributed by atoms with Crippen molar-refractivity contribution in [3.8, 4) is 0 Å². The SMILES string of the molecule is CCOCCCC(CNC)Cc1cccc(C)c1. The van der Waals surface area contributed by atoms with E-state index in [4.69, 9.17) is 4.74 Å². The van der Waals surface area contributed by atoms with E-state index in [-0.39, 0.29) is 0 Å². The quantitative estimate of drug-likeness (QED) is 0.679. The van der Waals surface area contributed by atoms with Crippen molar-refractivity contribution >= 4 is 0 Å². The van der Waals surface area contributed by atoms with Crippen LogP contribution >= 0.6 is 0 Å². The Labute approximate surface area is 112 Å². The Morgan fingerprint density at radius 2 is 2.17 bits per heavy atom. The van der Waals surface area contributed by atoms with Crippen LogP contribution in [0, 0.1) is 12.8 Å². The third-order valence-electron chi connectivity index (χ3n) is 3.20. The first kappa shape index (κ1) is 15.2. The van der Waals surface area contributed by atoms with Gasteiger partial charge in [-0.05, 0) is 58.2 Å². The van der Waals surface area contributed by atoms with Crippen molar-refractivity contribution in [2.75, 3.05) is 26.8 Å². The zero-order valence-corrected chi connectivity index (χ0v) is 12.0. The molecule has 0 saturated carbocycles. The van der Waals surface area contributed by atoms with Crippen LogP contribution in [0.1, 0.15) is 30.9 Å². The lowest BCUT2D eigenvalue weighted by molar-refractivity contribution is 0.139. The molecule has 0 aliphatic rings. The van der Waals surface area contributed by atoms with E-state index in [2.05, 4.69) is 43.4 Å². The minimum atomic E-state index is 0.706. The van der Waals surface area contributed by atoms with Gasteiger partial charge in [-0.3, -0.25) is 0 Å². The molecular weight excluding hydrogens is 222 g/mol. The molecule has 1 unspecified atom stereocenters. The van der Waals surface area contributed by atoms with Crippen molar-refractivity contribution < 1.29 is 4.74 Å². The number of hydrogen-bond donors (Lipinski definition) is 1. The van der Waals surface area contributed by atoms with Crippen LogP contribution in [0.4, 0.5) is 0 Å². The minimum Gasteiger partial charge on any atom is -0.382 e. The number of nitrogens with one attached hydrogen (secondary N) is 1. The van der Waals surface area contributed by atoms with E-state index in [1.807, 2.05) is 7.05 Å². The number of rotatable bonds is 9. The molecule has 1 atom stereocenters. The molecule has 1 N–H and O–H groups in total. The number of benzene rings is 1. The van der Waals surface area contributed by atoms with Crippen molar-refractivity contribution in [2.24, 2.45) is 5.92 Å². The Hall–Kier alpha value is -0.860. The Bertz CT molecular complexity index is 325. The summed E-state index contributed by atoms with van der Waals surface area (Å²) < 4.78 is 5.41. The fourth-order valence-corrected chi connectivity index (χ4v) is 2.36. The fraction of sp³-hybridized carbons (Fsp3) is 0.625. The first-order valence-corrected chi connectivity index (χ1v) is 7.04. The van der Waals surface area contributed by atoms with Crippen molar-refractivity contribution in [3.05, 3.63) is 35.4 Å². The molecule has 0 aromatic heterocycles. The highest BCUT2D eigenvalue weighted by atomic mass is 16.5. The average Bonchev–Trinajstić information content (AvgIpc) is 2.35. The molecule has 102 valence electrons. The second kappa shape index (κ2) is 9.12. The molecule has 0 aliphatic heterocycles. The first-order valence-electron chi connectivity index (χ1n) is 7.04. The van der Waals surface area contributed by atoms with E-state index in [0.717, 1.165) is 32.6 Å². The summed E-state index contributed by atoms with van der Waals surface area (Å²) in [6.07, 6.45) is 3.55. The summed E-state index contributed by atoms with van der Waals surface area (Å²) in [5.41, 5.74) is 2.80. The maximum Gasteiger partial charge on any atom is 0.0466 e. The van der Waals surface area contributed by atoms with Crippen LogP contribution < -0.4 is 5.32 Å². The lowest BCUT2D eigenvalue weighted by atomic mass is 9.94. The third kappa shape index (κ3) is 6.18. The molecular formula is C16H27NO. The van der Waals surface area contributed by atoms with Crippen molar-refractivity contribution in [1.29, 1.82) is 0 Å². The predicted octanol–water partition coefficient (Wildman–Crippen LogP) is 3.19. The standard InChI is InChI=1S/C16H27NO/c1-4-18-10-6-9-16(13-17-3)12-15-8-5-7-14(2)11-15/h5,7-8,11,16-17H,4,6,9-10,12-13H2,1-3H3. The van der Waals surface area contributed by atoms with E-state index in [1.54, 1.807) is 0 Å². The Kier molecular flexibility index (Phi) is 7.70. The van der Waals surface area contributed by atoms with Crippen molar-refractivity contribution in [1.82, 2.24) is 5.32 Å². The zero-order valence-electron chi connectivity index (χ0n) is 12.0. The molecule has 2 heteroatoms. The van der Waals surface area contributed by atoms with Gasteiger partial charge in [0.25, 0.3) is 0 Å². The largest absolute Gasteiger partial charge is 0.382 e. The summed E-state index contributed by atoms with van der Waals surface area (Å²) in [5, 5.41) is 3.30. The summed E-state index contributed by atoms with van der Waals surface area (Å²) in [4.78, 5) is 0. The molecule has 1 aromatic rings. The van der Waals surface area contributed by atoms with Gasteiger partial charge in [0, 0.05) is 13.2 Å². The Morgan fingerprint density at radius 1 is 1.33 bits per heavy atom. The summed E-state index contributed by atoms with van der Waals surface area (Å²) in [6, 6.07) is 8.84. The number of aryl methyl sites for hydroxylation is 1. The molecule has 0 heterocycles. The second-order valence-corrected chi connectivity index (χ2v) is 4.96. The smallest absolute Gasteiger partial charge is 0.0466 e. The van der Waals surface area contributed by atoms with Crippen LogP contribution in [0.15, 0.2) is 24.3 Å². The van der Waals surface area contributed by atoms with Crippen LogP contribution in [0.25, 0.3) is 0 Å². The summed E-state index contributed by atoms with van der Waals surface area (Å²) in [7, 11) is 2.03. The van der Waals surface area contributed by atoms with E-state index < -0.39 is 0 Å². The average molecular weight is 249 g/mol. The van der Waals surface area contributed by atoms with Crippen molar-refractivity contribution in [3.63, 3.8) is 0 Å². The van der Waals surface area contributed by atoms with Gasteiger partial charge in [-0.25, -0.2) is 0 Å². The molecule has 0 fully saturated rings. The van der Waals surface area contributed by atoms with Crippen LogP contribution in [0.5, 0.6) is 0 Å². The first-order chi connectivity index (χ1) is 8.76. The zero-order chi connectivity index (χ0) is 13.2. The van der Waals surface area contributed by atoms with Crippen LogP contribution in [0.3, 0.4) is 0 Å². The van der Waals surface area contributed by atoms with E-state index in [1.165, 1.54) is 17.5 Å². The van der Waals surface area contributed by atoms with Gasteiger partial charge in [0.2, 0.25) is 0 Å². The molecule has 0 bridgehead atoms. The van der Waals surface area contributed by atoms with E-state index >= 15 is 0 Å². The lowest BCUT2D eigenvalue weighted by Gasteiger charge is -2.17. The Morgan fingerprint density at radius 3 is 2.83 bits per heavy atom. The topological polar surface area (TPSA) is 21.3 Å². The van der Waals surface area contributed by atoms with E-state index in [0.29, 0.717) is 5.92 Å². The molecule has 1 aromatic carbocycles. The maximum absolute atomic E-state index is 5.41. The van der Waals surface area contributed by atoms with Gasteiger partial charge in [-0.1, -0.05) is 29.8 Å². The van der Waals surface area contributed by atoms with Gasteiger partial charge in [-0.2, -0.15) is 0 Å². The summed E-state index contributed by atoms with van der Waals surface area (Å²) in [6.45, 7) is 7.02. The molecule has 0 radical (unpaired) electrons. The van der Waals surface area contributed by atoms with Gasteiger partial charge in [0.05, 0.1) is 0 Å². The monoisotopic (exact) mass is 249 g/mol. The molecule has 18 heavy (non-hydrogen) atoms. The van der Waals surface area contributed by atoms with E-state index in [9.17, 15) is 0 Å². The van der Waals surface area contributed by atoms with Gasteiger partial charge in [0.1, 0.15) is 0 Å². The number of hydrogen-bond acceptors (Lipinski definition) is 2. The number of ether oxygens (including phenoxy) is 1. The van der Waals surface area contributed by atoms with Crippen LogP contribution in [0.2, 0.25) is 0 Å². The molecule has 1 rings (SSSR count). The predicted molar refractivity (Wildman–Crippen MR) is 78.0 cm³/mol. The third-order valence-corrected chi connectivity index (χ3v) is 3.20. The van der Waals surface area contributed by atoms with Crippen molar-refractivity contribution in [2.45, 2.75) is 33.1 Å². The van der Waals surface area contributed by atoms with Gasteiger partial charge >= 0.3 is 0 Å². The van der Waals surface area contributed by atoms with Crippen LogP contribution in [-0.2, 0) is 11.2 Å². The minimum absolute atomic E-state index is 0.706. The van der Waals surface area contributed by atoms with Gasteiger partial charge < -0.3 is 10.1 Å². The van der Waals surface area contributed by atoms with Gasteiger partial charge in [-0.15, -0.1) is 0 Å². The summed E-state index contributed by atoms with van der Waals surface area (Å²) in [5.74, 6) is 0.706. The lowest BCUT2D eigenvalue weighted by Crippen LogP contribution is -2.21. The maximum atomic E-state index is 5.41. The molecule has 0 saturated heterocycles. The fourth-order valence-electron chi connectivity index (χ4n) is 2.36. The highest BCUT2D eigenvalue weighted by Crippen LogP contribution is 2.15. The molecule has 0 aliphatic carbocycles. The molecule has 2 nitrogen and oxygen atoms in total. The summed E-state index contributed by atoms with van der Waals surface area (Å²) >= 11 is 0. The van der Waals surface area contributed by atoms with Gasteiger partial charge in [0.15, 0.2) is 0 Å². The molecule has 0 spiro atoms. The second-order valence-electron chi connectivity index (χ2n) is 4.96. The highest BCUT2D eigenvalue weighted by Gasteiger charge is 2.09. The normalized spacial score (nSPS) is 12.6. The molecule has 0 amide bonds. The van der Waals surface area contributed by atoms with Crippen LogP contribution in [-0.4, -0.2) is 26.8 Å². The highest BCUT2D eigenvalue weighted by molar-refractivity contribution is 5.22. The Balaban J connectivity index is 2.41.